The van der Waals surface area contributed by atoms with Gasteiger partial charge in [-0.25, -0.2) is 4.39 Å². The summed E-state index contributed by atoms with van der Waals surface area (Å²) in [5.41, 5.74) is 0. The van der Waals surface area contributed by atoms with Crippen LogP contribution in [-0.2, 0) is 0 Å². The first-order chi connectivity index (χ1) is 13.7. The van der Waals surface area contributed by atoms with Crippen molar-refractivity contribution in [1.82, 2.24) is 0 Å². The number of methoxy groups -OCH3 is 1. The van der Waals surface area contributed by atoms with E-state index < -0.39 is 0 Å². The summed E-state index contributed by atoms with van der Waals surface area (Å²) < 4.78 is 24.6. The Kier molecular flexibility index (Phi) is 8.24. The molecule has 2 nitrogen and oxygen atoms in total. The second-order valence-electron chi connectivity index (χ2n) is 8.78. The lowest BCUT2D eigenvalue weighted by molar-refractivity contribution is 0.129. The molecule has 0 aliphatic heterocycles. The van der Waals surface area contributed by atoms with Crippen molar-refractivity contribution < 1.29 is 13.9 Å². The Hall–Kier alpha value is -1.51. The van der Waals surface area contributed by atoms with Gasteiger partial charge >= 0.3 is 0 Å². The molecule has 0 bridgehead atoms. The summed E-state index contributed by atoms with van der Waals surface area (Å²) >= 11 is 0. The SMILES string of the molecule is CCC/C=C/C1CCC(C2CCC(COc3ccc(OC)c(F)c3)CC2)CC1. The molecule has 0 amide bonds. The third-order valence-electron chi connectivity index (χ3n) is 6.85. The molecule has 1 aromatic carbocycles. The molecule has 0 heterocycles. The topological polar surface area (TPSA) is 18.5 Å². The van der Waals surface area contributed by atoms with Crippen LogP contribution in [0.3, 0.4) is 0 Å². The molecule has 0 radical (unpaired) electrons. The minimum atomic E-state index is -0.358. The van der Waals surface area contributed by atoms with E-state index >= 15 is 0 Å². The maximum absolute atomic E-state index is 13.8. The van der Waals surface area contributed by atoms with Crippen LogP contribution >= 0.6 is 0 Å². The van der Waals surface area contributed by atoms with Crippen molar-refractivity contribution in [2.45, 2.75) is 71.1 Å². The van der Waals surface area contributed by atoms with Crippen LogP contribution in [0.5, 0.6) is 11.5 Å². The summed E-state index contributed by atoms with van der Waals surface area (Å²) in [5, 5.41) is 0. The smallest absolute Gasteiger partial charge is 0.168 e. The second-order valence-corrected chi connectivity index (χ2v) is 8.78. The monoisotopic (exact) mass is 388 g/mol. The van der Waals surface area contributed by atoms with Crippen molar-refractivity contribution in [1.29, 1.82) is 0 Å². The molecule has 0 saturated heterocycles. The van der Waals surface area contributed by atoms with Crippen LogP contribution in [0.4, 0.5) is 4.39 Å². The zero-order valence-corrected chi connectivity index (χ0v) is 17.7. The highest BCUT2D eigenvalue weighted by Gasteiger charge is 2.30. The van der Waals surface area contributed by atoms with Gasteiger partial charge in [0.25, 0.3) is 0 Å². The number of halogens is 1. The van der Waals surface area contributed by atoms with Gasteiger partial charge in [-0.1, -0.05) is 25.5 Å². The number of hydrogen-bond donors (Lipinski definition) is 0. The molecule has 2 aliphatic carbocycles. The summed E-state index contributed by atoms with van der Waals surface area (Å²) in [5.74, 6) is 3.80. The van der Waals surface area contributed by atoms with Crippen molar-refractivity contribution >= 4 is 0 Å². The third-order valence-corrected chi connectivity index (χ3v) is 6.85. The lowest BCUT2D eigenvalue weighted by Gasteiger charge is -2.37. The van der Waals surface area contributed by atoms with Gasteiger partial charge in [0, 0.05) is 6.07 Å². The molecular weight excluding hydrogens is 351 g/mol. The first-order valence-electron chi connectivity index (χ1n) is 11.3. The van der Waals surface area contributed by atoms with E-state index in [1.165, 1.54) is 77.4 Å². The predicted octanol–water partition coefficient (Wildman–Crippen LogP) is 7.18. The van der Waals surface area contributed by atoms with Crippen LogP contribution in [0.15, 0.2) is 30.4 Å². The zero-order valence-electron chi connectivity index (χ0n) is 17.7. The van der Waals surface area contributed by atoms with E-state index in [4.69, 9.17) is 9.47 Å². The van der Waals surface area contributed by atoms with Gasteiger partial charge in [0.15, 0.2) is 11.6 Å². The standard InChI is InChI=1S/C25H37FO2/c1-3-4-5-6-19-7-11-21(12-8-19)22-13-9-20(10-14-22)18-28-23-15-16-25(27-2)24(26)17-23/h5-6,15-17,19-22H,3-4,7-14,18H2,1-2H3/b6-5+. The summed E-state index contributed by atoms with van der Waals surface area (Å²) in [6.45, 7) is 2.95. The average Bonchev–Trinajstić information content (AvgIpc) is 2.73. The van der Waals surface area contributed by atoms with Crippen LogP contribution in [-0.4, -0.2) is 13.7 Å². The molecule has 0 unspecified atom stereocenters. The lowest BCUT2D eigenvalue weighted by Crippen LogP contribution is -2.27. The summed E-state index contributed by atoms with van der Waals surface area (Å²) in [4.78, 5) is 0. The normalized spacial score (nSPS) is 28.4. The summed E-state index contributed by atoms with van der Waals surface area (Å²) in [7, 11) is 1.48. The molecule has 156 valence electrons. The van der Waals surface area contributed by atoms with Crippen LogP contribution in [0, 0.1) is 29.5 Å². The van der Waals surface area contributed by atoms with Gasteiger partial charge in [-0.15, -0.1) is 0 Å². The van der Waals surface area contributed by atoms with Gasteiger partial charge in [-0.2, -0.15) is 0 Å². The number of rotatable bonds is 8. The second kappa shape index (κ2) is 10.9. The van der Waals surface area contributed by atoms with Crippen LogP contribution in [0.25, 0.3) is 0 Å². The Labute approximate surface area is 170 Å². The zero-order chi connectivity index (χ0) is 19.8. The molecule has 0 spiro atoms. The molecular formula is C25H37FO2. The van der Waals surface area contributed by atoms with Crippen molar-refractivity contribution in [3.8, 4) is 11.5 Å². The fourth-order valence-corrected chi connectivity index (χ4v) is 5.04. The Morgan fingerprint density at radius 3 is 2.29 bits per heavy atom. The largest absolute Gasteiger partial charge is 0.494 e. The highest BCUT2D eigenvalue weighted by molar-refractivity contribution is 5.33. The third kappa shape index (κ3) is 5.99. The fourth-order valence-electron chi connectivity index (χ4n) is 5.04. The van der Waals surface area contributed by atoms with Crippen molar-refractivity contribution in [3.05, 3.63) is 36.2 Å². The first kappa shape index (κ1) is 21.2. The Morgan fingerprint density at radius 1 is 1.00 bits per heavy atom. The van der Waals surface area contributed by atoms with E-state index in [-0.39, 0.29) is 11.6 Å². The fraction of sp³-hybridized carbons (Fsp3) is 0.680. The van der Waals surface area contributed by atoms with Crippen molar-refractivity contribution in [3.63, 3.8) is 0 Å². The lowest BCUT2D eigenvalue weighted by atomic mass is 9.69. The van der Waals surface area contributed by atoms with E-state index in [9.17, 15) is 4.39 Å². The number of benzene rings is 1. The van der Waals surface area contributed by atoms with E-state index in [0.717, 1.165) is 17.8 Å². The maximum Gasteiger partial charge on any atom is 0.168 e. The molecule has 2 saturated carbocycles. The number of hydrogen-bond acceptors (Lipinski definition) is 2. The molecule has 28 heavy (non-hydrogen) atoms. The highest BCUT2D eigenvalue weighted by atomic mass is 19.1. The van der Waals surface area contributed by atoms with Crippen LogP contribution in [0.2, 0.25) is 0 Å². The quantitative estimate of drug-likeness (QED) is 0.439. The Bertz CT molecular complexity index is 611. The van der Waals surface area contributed by atoms with E-state index in [1.807, 2.05) is 0 Å². The van der Waals surface area contributed by atoms with E-state index in [1.54, 1.807) is 12.1 Å². The molecule has 1 aromatic rings. The van der Waals surface area contributed by atoms with Gasteiger partial charge in [-0.05, 0) is 93.6 Å². The van der Waals surface area contributed by atoms with Gasteiger partial charge in [0.1, 0.15) is 5.75 Å². The molecule has 0 atom stereocenters. The molecule has 0 aromatic heterocycles. The van der Waals surface area contributed by atoms with Crippen LogP contribution in [0.1, 0.15) is 71.1 Å². The van der Waals surface area contributed by atoms with Gasteiger partial charge in [0.05, 0.1) is 13.7 Å². The molecule has 3 rings (SSSR count). The number of unbranched alkanes of at least 4 members (excludes halogenated alkanes) is 1. The number of allylic oxidation sites excluding steroid dienone is 2. The Morgan fingerprint density at radius 2 is 1.68 bits per heavy atom. The molecule has 3 heteroatoms. The van der Waals surface area contributed by atoms with Gasteiger partial charge in [0.2, 0.25) is 0 Å². The summed E-state index contributed by atoms with van der Waals surface area (Å²) in [6, 6.07) is 4.86. The molecule has 2 fully saturated rings. The predicted molar refractivity (Wildman–Crippen MR) is 113 cm³/mol. The molecule has 0 N–H and O–H groups in total. The molecule has 2 aliphatic rings. The Balaban J connectivity index is 1.36. The van der Waals surface area contributed by atoms with Crippen molar-refractivity contribution in [2.75, 3.05) is 13.7 Å². The average molecular weight is 389 g/mol. The first-order valence-corrected chi connectivity index (χ1v) is 11.3. The van der Waals surface area contributed by atoms with Gasteiger partial charge < -0.3 is 9.47 Å². The van der Waals surface area contributed by atoms with E-state index in [0.29, 0.717) is 18.3 Å². The van der Waals surface area contributed by atoms with E-state index in [2.05, 4.69) is 19.1 Å². The minimum Gasteiger partial charge on any atom is -0.494 e. The van der Waals surface area contributed by atoms with Gasteiger partial charge in [-0.3, -0.25) is 0 Å². The summed E-state index contributed by atoms with van der Waals surface area (Å²) in [6.07, 6.45) is 18.1. The van der Waals surface area contributed by atoms with Crippen molar-refractivity contribution in [2.24, 2.45) is 23.7 Å². The maximum atomic E-state index is 13.8. The van der Waals surface area contributed by atoms with Crippen LogP contribution < -0.4 is 9.47 Å². The minimum absolute atomic E-state index is 0.267. The highest BCUT2D eigenvalue weighted by Crippen LogP contribution is 2.41. The number of ether oxygens (including phenoxy) is 2.